The normalized spacial score (nSPS) is 16.6. The van der Waals surface area contributed by atoms with Gasteiger partial charge in [0.15, 0.2) is 5.82 Å². The molecule has 1 unspecified atom stereocenters. The molecule has 4 rings (SSSR count). The molecule has 0 saturated carbocycles. The molecule has 2 aromatic heterocycles. The van der Waals surface area contributed by atoms with Crippen LogP contribution in [0.1, 0.15) is 54.8 Å². The van der Waals surface area contributed by atoms with Crippen LogP contribution in [0.5, 0.6) is 0 Å². The van der Waals surface area contributed by atoms with Gasteiger partial charge in [0.2, 0.25) is 17.6 Å². The summed E-state index contributed by atoms with van der Waals surface area (Å²) in [5.74, 6) is 2.76. The van der Waals surface area contributed by atoms with Gasteiger partial charge in [-0.1, -0.05) is 28.9 Å². The first-order valence-electron chi connectivity index (χ1n) is 9.68. The third-order valence-corrected chi connectivity index (χ3v) is 5.01. The van der Waals surface area contributed by atoms with E-state index in [0.717, 1.165) is 36.3 Å². The molecule has 0 aliphatic carbocycles. The van der Waals surface area contributed by atoms with Gasteiger partial charge in [0.05, 0.1) is 6.04 Å². The first-order valence-corrected chi connectivity index (χ1v) is 9.68. The lowest BCUT2D eigenvalue weighted by molar-refractivity contribution is -0.132. The smallest absolute Gasteiger partial charge is 0.226 e. The van der Waals surface area contributed by atoms with E-state index in [1.54, 1.807) is 0 Å². The van der Waals surface area contributed by atoms with E-state index < -0.39 is 0 Å². The maximum Gasteiger partial charge on any atom is 0.226 e. The average Bonchev–Trinajstić information content (AvgIpc) is 3.41. The highest BCUT2D eigenvalue weighted by atomic mass is 16.5. The van der Waals surface area contributed by atoms with Crippen LogP contribution < -0.4 is 0 Å². The molecule has 146 valence electrons. The number of aromatic nitrogens is 5. The molecule has 3 aromatic rings. The minimum absolute atomic E-state index is 0.0197. The molecule has 1 aliphatic rings. The minimum atomic E-state index is -0.0197. The molecule has 3 heterocycles. The van der Waals surface area contributed by atoms with Crippen LogP contribution in [0, 0.1) is 13.8 Å². The van der Waals surface area contributed by atoms with Crippen LogP contribution in [-0.4, -0.2) is 42.7 Å². The van der Waals surface area contributed by atoms with Crippen molar-refractivity contribution in [3.8, 4) is 11.4 Å². The van der Waals surface area contributed by atoms with Crippen molar-refractivity contribution in [3.05, 3.63) is 47.4 Å². The fraction of sp³-hybridized carbons (Fsp3) is 0.450. The van der Waals surface area contributed by atoms with E-state index in [1.165, 1.54) is 0 Å². The summed E-state index contributed by atoms with van der Waals surface area (Å²) < 4.78 is 5.35. The van der Waals surface area contributed by atoms with Gasteiger partial charge in [-0.2, -0.15) is 10.1 Å². The Bertz CT molecular complexity index is 963. The van der Waals surface area contributed by atoms with Crippen molar-refractivity contribution in [1.82, 2.24) is 30.2 Å². The van der Waals surface area contributed by atoms with Gasteiger partial charge >= 0.3 is 0 Å². The third-order valence-electron chi connectivity index (χ3n) is 5.01. The number of H-pyrrole nitrogens is 1. The summed E-state index contributed by atoms with van der Waals surface area (Å²) in [7, 11) is 0. The van der Waals surface area contributed by atoms with Crippen LogP contribution in [0.2, 0.25) is 0 Å². The molecule has 1 saturated heterocycles. The highest BCUT2D eigenvalue weighted by molar-refractivity contribution is 5.76. The highest BCUT2D eigenvalue weighted by Crippen LogP contribution is 2.30. The molecule has 0 radical (unpaired) electrons. The van der Waals surface area contributed by atoms with Gasteiger partial charge in [0.25, 0.3) is 0 Å². The van der Waals surface area contributed by atoms with E-state index in [1.807, 2.05) is 43.0 Å². The number of nitrogens with one attached hydrogen (secondary N) is 1. The number of aryl methyl sites for hydroxylation is 3. The number of carbonyl (C=O) groups is 1. The molecule has 1 amide bonds. The SMILES string of the molecule is Cc1cccc(-c2noc(CCCC(=O)N3CCCC3c3n[nH]c(C)n3)n2)c1. The number of rotatable bonds is 6. The molecule has 8 heteroatoms. The van der Waals surface area contributed by atoms with Crippen molar-refractivity contribution in [2.24, 2.45) is 0 Å². The molecule has 8 nitrogen and oxygen atoms in total. The maximum atomic E-state index is 12.7. The molecule has 1 fully saturated rings. The van der Waals surface area contributed by atoms with Crippen LogP contribution >= 0.6 is 0 Å². The Morgan fingerprint density at radius 1 is 1.32 bits per heavy atom. The summed E-state index contributed by atoms with van der Waals surface area (Å²) in [6.07, 6.45) is 3.59. The number of benzene rings is 1. The second-order valence-corrected chi connectivity index (χ2v) is 7.26. The number of hydrogen-bond donors (Lipinski definition) is 1. The number of carbonyl (C=O) groups excluding carboxylic acids is 1. The van der Waals surface area contributed by atoms with E-state index in [9.17, 15) is 4.79 Å². The van der Waals surface area contributed by atoms with Crippen LogP contribution in [0.3, 0.4) is 0 Å². The second kappa shape index (κ2) is 7.92. The maximum absolute atomic E-state index is 12.7. The van der Waals surface area contributed by atoms with E-state index in [-0.39, 0.29) is 11.9 Å². The standard InChI is InChI=1S/C20H24N6O2/c1-13-6-3-7-15(12-13)19-22-17(28-25-19)9-4-10-18(27)26-11-5-8-16(26)20-21-14(2)23-24-20/h3,6-7,12,16H,4-5,8-11H2,1-2H3,(H,21,23,24). The topological polar surface area (TPSA) is 101 Å². The molecule has 1 aromatic carbocycles. The number of nitrogens with zero attached hydrogens (tertiary/aromatic N) is 5. The van der Waals surface area contributed by atoms with Crippen LogP contribution in [-0.2, 0) is 11.2 Å². The Labute approximate surface area is 163 Å². The summed E-state index contributed by atoms with van der Waals surface area (Å²) in [5.41, 5.74) is 2.09. The molecule has 0 bridgehead atoms. The van der Waals surface area contributed by atoms with Gasteiger partial charge in [-0.15, -0.1) is 0 Å². The molecule has 28 heavy (non-hydrogen) atoms. The van der Waals surface area contributed by atoms with Crippen molar-refractivity contribution < 1.29 is 9.32 Å². The molecule has 0 spiro atoms. The monoisotopic (exact) mass is 380 g/mol. The summed E-state index contributed by atoms with van der Waals surface area (Å²) in [6.45, 7) is 4.66. The van der Waals surface area contributed by atoms with Crippen molar-refractivity contribution in [3.63, 3.8) is 0 Å². The molecule has 1 atom stereocenters. The highest BCUT2D eigenvalue weighted by Gasteiger charge is 2.32. The summed E-state index contributed by atoms with van der Waals surface area (Å²) in [6, 6.07) is 7.97. The molecular weight excluding hydrogens is 356 g/mol. The predicted octanol–water partition coefficient (Wildman–Crippen LogP) is 3.16. The number of aromatic amines is 1. The lowest BCUT2D eigenvalue weighted by atomic mass is 10.1. The largest absolute Gasteiger partial charge is 0.339 e. The first kappa shape index (κ1) is 18.3. The second-order valence-electron chi connectivity index (χ2n) is 7.26. The van der Waals surface area contributed by atoms with Crippen LogP contribution in [0.4, 0.5) is 0 Å². The van der Waals surface area contributed by atoms with Crippen molar-refractivity contribution >= 4 is 5.91 Å². The Kier molecular flexibility index (Phi) is 5.18. The quantitative estimate of drug-likeness (QED) is 0.705. The van der Waals surface area contributed by atoms with E-state index >= 15 is 0 Å². The average molecular weight is 380 g/mol. The lowest BCUT2D eigenvalue weighted by Crippen LogP contribution is -2.31. The molecule has 1 aliphatic heterocycles. The zero-order valence-electron chi connectivity index (χ0n) is 16.2. The summed E-state index contributed by atoms with van der Waals surface area (Å²) in [4.78, 5) is 23.4. The first-order chi connectivity index (χ1) is 13.6. The Balaban J connectivity index is 1.32. The number of hydrogen-bond acceptors (Lipinski definition) is 6. The van der Waals surface area contributed by atoms with Crippen molar-refractivity contribution in [2.75, 3.05) is 6.54 Å². The number of amides is 1. The third kappa shape index (κ3) is 3.95. The predicted molar refractivity (Wildman–Crippen MR) is 102 cm³/mol. The Morgan fingerprint density at radius 2 is 2.21 bits per heavy atom. The molecule has 1 N–H and O–H groups in total. The lowest BCUT2D eigenvalue weighted by Gasteiger charge is -2.22. The molecular formula is C20H24N6O2. The Morgan fingerprint density at radius 3 is 3.00 bits per heavy atom. The van der Waals surface area contributed by atoms with Crippen LogP contribution in [0.25, 0.3) is 11.4 Å². The fourth-order valence-corrected chi connectivity index (χ4v) is 3.63. The van der Waals surface area contributed by atoms with Gasteiger partial charge in [0, 0.05) is 24.9 Å². The van der Waals surface area contributed by atoms with Crippen molar-refractivity contribution in [2.45, 2.75) is 52.0 Å². The Hall–Kier alpha value is -3.03. The van der Waals surface area contributed by atoms with Gasteiger partial charge in [-0.3, -0.25) is 9.89 Å². The van der Waals surface area contributed by atoms with E-state index in [4.69, 9.17) is 4.52 Å². The van der Waals surface area contributed by atoms with E-state index in [2.05, 4.69) is 25.3 Å². The van der Waals surface area contributed by atoms with Crippen molar-refractivity contribution in [1.29, 1.82) is 0 Å². The van der Waals surface area contributed by atoms with Gasteiger partial charge < -0.3 is 9.42 Å². The van der Waals surface area contributed by atoms with Gasteiger partial charge in [-0.05, 0) is 39.2 Å². The minimum Gasteiger partial charge on any atom is -0.339 e. The summed E-state index contributed by atoms with van der Waals surface area (Å²) >= 11 is 0. The zero-order chi connectivity index (χ0) is 19.5. The van der Waals surface area contributed by atoms with E-state index in [0.29, 0.717) is 36.8 Å². The fourth-order valence-electron chi connectivity index (χ4n) is 3.63. The summed E-state index contributed by atoms with van der Waals surface area (Å²) in [5, 5.41) is 11.2. The van der Waals surface area contributed by atoms with Gasteiger partial charge in [-0.25, -0.2) is 4.98 Å². The zero-order valence-corrected chi connectivity index (χ0v) is 16.2. The number of likely N-dealkylation sites (tertiary alicyclic amines) is 1. The van der Waals surface area contributed by atoms with Gasteiger partial charge in [0.1, 0.15) is 5.82 Å². The van der Waals surface area contributed by atoms with Crippen LogP contribution in [0.15, 0.2) is 28.8 Å².